The Morgan fingerprint density at radius 1 is 1.34 bits per heavy atom. The maximum atomic E-state index is 13.0. The topological polar surface area (TPSA) is 83.8 Å². The molecule has 0 spiro atoms. The van der Waals surface area contributed by atoms with Crippen molar-refractivity contribution in [1.82, 2.24) is 0 Å². The van der Waals surface area contributed by atoms with Gasteiger partial charge >= 0.3 is 11.9 Å². The highest BCUT2D eigenvalue weighted by atomic mass is 16.5. The van der Waals surface area contributed by atoms with Crippen LogP contribution >= 0.6 is 0 Å². The Bertz CT molecular complexity index is 804. The smallest absolute Gasteiger partial charge is 0.340 e. The summed E-state index contributed by atoms with van der Waals surface area (Å²) in [5, 5.41) is 21.4. The second-order valence-electron chi connectivity index (χ2n) is 9.11. The Balaban J connectivity index is 1.85. The molecule has 1 fully saturated rings. The van der Waals surface area contributed by atoms with E-state index in [2.05, 4.69) is 13.8 Å². The number of ether oxygens (including phenoxy) is 1. The van der Waals surface area contributed by atoms with Crippen molar-refractivity contribution < 1.29 is 24.5 Å². The van der Waals surface area contributed by atoms with E-state index in [1.165, 1.54) is 0 Å². The highest BCUT2D eigenvalue weighted by Crippen LogP contribution is 2.65. The van der Waals surface area contributed by atoms with Crippen molar-refractivity contribution >= 4 is 11.9 Å². The highest BCUT2D eigenvalue weighted by molar-refractivity contribution is 5.97. The van der Waals surface area contributed by atoms with Gasteiger partial charge in [0.25, 0.3) is 0 Å². The third kappa shape index (κ3) is 3.00. The maximum Gasteiger partial charge on any atom is 0.340 e. The lowest BCUT2D eigenvalue weighted by Crippen LogP contribution is -2.57. The molecule has 0 unspecified atom stereocenters. The van der Waals surface area contributed by atoms with E-state index in [1.807, 2.05) is 12.2 Å². The summed E-state index contributed by atoms with van der Waals surface area (Å²) >= 11 is 0. The number of rotatable bonds is 7. The largest absolute Gasteiger partial charge is 0.478 e. The van der Waals surface area contributed by atoms with Gasteiger partial charge in [-0.15, -0.1) is 0 Å². The van der Waals surface area contributed by atoms with Gasteiger partial charge in [0.05, 0.1) is 6.10 Å². The molecule has 1 saturated carbocycles. The number of carboxylic acids is 1. The molecule has 5 aliphatic rings. The van der Waals surface area contributed by atoms with Gasteiger partial charge in [0.15, 0.2) is 0 Å². The molecular weight excluding hydrogens is 368 g/mol. The molecule has 0 aromatic carbocycles. The Morgan fingerprint density at radius 3 is 2.83 bits per heavy atom. The van der Waals surface area contributed by atoms with Gasteiger partial charge in [0.2, 0.25) is 0 Å². The van der Waals surface area contributed by atoms with Gasteiger partial charge in [-0.25, -0.2) is 9.59 Å². The Kier molecular flexibility index (Phi) is 5.45. The van der Waals surface area contributed by atoms with Gasteiger partial charge in [-0.2, -0.15) is 0 Å². The molecule has 0 saturated heterocycles. The monoisotopic (exact) mass is 400 g/mol. The number of carbonyl (C=O) groups is 2. The van der Waals surface area contributed by atoms with Crippen molar-refractivity contribution in [2.45, 2.75) is 77.7 Å². The minimum atomic E-state index is -0.954. The molecule has 5 heteroatoms. The molecule has 5 atom stereocenters. The number of aliphatic hydroxyl groups is 1. The number of carboxylic acid groups (broad SMARTS) is 1. The summed E-state index contributed by atoms with van der Waals surface area (Å²) in [6.45, 7) is 4.16. The number of carbonyl (C=O) groups excluding carboxylic acids is 1. The lowest BCUT2D eigenvalue weighted by atomic mass is 9.45. The summed E-state index contributed by atoms with van der Waals surface area (Å²) in [7, 11) is 0. The Morgan fingerprint density at radius 2 is 2.14 bits per heavy atom. The number of cyclic esters (lactones) is 1. The normalized spacial score (nSPS) is 35.3. The Hall–Kier alpha value is -1.88. The third-order valence-electron chi connectivity index (χ3n) is 7.66. The van der Waals surface area contributed by atoms with Crippen molar-refractivity contribution in [2.24, 2.45) is 23.2 Å². The van der Waals surface area contributed by atoms with Crippen LogP contribution in [-0.2, 0) is 14.3 Å². The van der Waals surface area contributed by atoms with Crippen molar-refractivity contribution in [3.63, 3.8) is 0 Å². The van der Waals surface area contributed by atoms with Gasteiger partial charge in [0, 0.05) is 28.1 Å². The molecule has 4 aliphatic carbocycles. The lowest BCUT2D eigenvalue weighted by Gasteiger charge is -2.58. The number of allylic oxidation sites excluding steroid dienone is 3. The second-order valence-corrected chi connectivity index (χ2v) is 9.11. The molecule has 1 aliphatic heterocycles. The minimum absolute atomic E-state index is 0.164. The first-order valence-electron chi connectivity index (χ1n) is 11.2. The van der Waals surface area contributed by atoms with E-state index in [0.29, 0.717) is 29.7 Å². The molecule has 2 N–H and O–H groups in total. The predicted octanol–water partition coefficient (Wildman–Crippen LogP) is 4.52. The molecule has 5 rings (SSSR count). The van der Waals surface area contributed by atoms with Crippen LogP contribution in [0, 0.1) is 23.2 Å². The molecular formula is C24H32O5. The van der Waals surface area contributed by atoms with E-state index in [-0.39, 0.29) is 23.7 Å². The summed E-state index contributed by atoms with van der Waals surface area (Å²) < 4.78 is 5.67. The fraction of sp³-hybridized carbons (Fsp3) is 0.667. The predicted molar refractivity (Wildman–Crippen MR) is 109 cm³/mol. The van der Waals surface area contributed by atoms with Gasteiger partial charge in [-0.3, -0.25) is 0 Å². The standard InChI is InChI=1S/C24H32O5/c1-3-5-7-18-16-10-9-15-14-11-12-24(17(13-14)22(26)27,19(25)8-6-4-2)21(15)20(16)23(28)29-18/h7,13-15,19,21,25H,3-6,8-12H2,1-2H3,(H,26,27)/b18-7-/t14-,15+,19+,21-,24+/m1/s1. The van der Waals surface area contributed by atoms with Gasteiger partial charge in [0.1, 0.15) is 5.76 Å². The van der Waals surface area contributed by atoms with Crippen LogP contribution in [0.2, 0.25) is 0 Å². The van der Waals surface area contributed by atoms with Crippen molar-refractivity contribution in [1.29, 1.82) is 0 Å². The van der Waals surface area contributed by atoms with Gasteiger partial charge < -0.3 is 14.9 Å². The average Bonchev–Trinajstić information content (AvgIpc) is 3.06. The van der Waals surface area contributed by atoms with E-state index in [4.69, 9.17) is 4.74 Å². The zero-order valence-corrected chi connectivity index (χ0v) is 17.4. The molecule has 0 amide bonds. The van der Waals surface area contributed by atoms with Crippen molar-refractivity contribution in [3.05, 3.63) is 34.6 Å². The summed E-state index contributed by atoms with van der Waals surface area (Å²) in [5.41, 5.74) is 1.06. The van der Waals surface area contributed by atoms with Crippen LogP contribution in [0.25, 0.3) is 0 Å². The van der Waals surface area contributed by atoms with E-state index < -0.39 is 17.5 Å². The van der Waals surface area contributed by atoms with Gasteiger partial charge in [-0.05, 0) is 56.4 Å². The van der Waals surface area contributed by atoms with Crippen LogP contribution in [0.4, 0.5) is 0 Å². The first-order valence-corrected chi connectivity index (χ1v) is 11.2. The fourth-order valence-corrected chi connectivity index (χ4v) is 6.41. The number of hydrogen-bond acceptors (Lipinski definition) is 4. The lowest BCUT2D eigenvalue weighted by molar-refractivity contribution is -0.143. The summed E-state index contributed by atoms with van der Waals surface area (Å²) in [6, 6.07) is 0. The van der Waals surface area contributed by atoms with Crippen LogP contribution < -0.4 is 0 Å². The van der Waals surface area contributed by atoms with E-state index in [9.17, 15) is 19.8 Å². The molecule has 0 aromatic rings. The Labute approximate surface area is 172 Å². The van der Waals surface area contributed by atoms with Crippen molar-refractivity contribution in [3.8, 4) is 0 Å². The SMILES string of the molecule is CCC/C=C1\OC(=O)C2=C1CC[C@H]1[C@H]3C=C(C(=O)O)[C@]([C@@H](O)CCCC)(CC3)[C@@H]21. The number of unbranched alkanes of at least 4 members (excludes halogenated alkanes) is 2. The fourth-order valence-electron chi connectivity index (χ4n) is 6.41. The molecule has 2 bridgehead atoms. The summed E-state index contributed by atoms with van der Waals surface area (Å²) in [6.07, 6.45) is 10.5. The zero-order valence-electron chi connectivity index (χ0n) is 17.4. The summed E-state index contributed by atoms with van der Waals surface area (Å²) in [4.78, 5) is 25.3. The maximum absolute atomic E-state index is 13.0. The number of aliphatic hydroxyl groups excluding tert-OH is 1. The minimum Gasteiger partial charge on any atom is -0.478 e. The number of hydrogen-bond donors (Lipinski definition) is 2. The van der Waals surface area contributed by atoms with Crippen LogP contribution in [0.15, 0.2) is 34.6 Å². The molecule has 0 radical (unpaired) electrons. The van der Waals surface area contributed by atoms with Crippen LogP contribution in [0.5, 0.6) is 0 Å². The van der Waals surface area contributed by atoms with E-state index in [0.717, 1.165) is 50.5 Å². The van der Waals surface area contributed by atoms with Crippen LogP contribution in [0.3, 0.4) is 0 Å². The number of aliphatic carboxylic acids is 1. The van der Waals surface area contributed by atoms with E-state index in [1.54, 1.807) is 0 Å². The molecule has 29 heavy (non-hydrogen) atoms. The average molecular weight is 401 g/mol. The van der Waals surface area contributed by atoms with Gasteiger partial charge in [-0.1, -0.05) is 39.2 Å². The first kappa shape index (κ1) is 20.4. The zero-order chi connectivity index (χ0) is 20.8. The second kappa shape index (κ2) is 7.75. The molecule has 1 heterocycles. The van der Waals surface area contributed by atoms with Crippen LogP contribution in [-0.4, -0.2) is 28.3 Å². The molecule has 158 valence electrons. The first-order chi connectivity index (χ1) is 14.0. The van der Waals surface area contributed by atoms with Crippen LogP contribution in [0.1, 0.15) is 71.6 Å². The quantitative estimate of drug-likeness (QED) is 0.614. The summed E-state index contributed by atoms with van der Waals surface area (Å²) in [5.74, 6) is -0.489. The highest BCUT2D eigenvalue weighted by Gasteiger charge is 2.63. The number of esters is 1. The van der Waals surface area contributed by atoms with E-state index >= 15 is 0 Å². The van der Waals surface area contributed by atoms with Crippen molar-refractivity contribution in [2.75, 3.05) is 0 Å². The molecule has 0 aromatic heterocycles. The third-order valence-corrected chi connectivity index (χ3v) is 7.66. The molecule has 5 nitrogen and oxygen atoms in total. The number of fused-ring (bicyclic) bond motifs is 1.